The molecule has 19 heavy (non-hydrogen) atoms. The number of rotatable bonds is 5. The van der Waals surface area contributed by atoms with Crippen molar-refractivity contribution in [1.82, 2.24) is 0 Å². The van der Waals surface area contributed by atoms with Crippen molar-refractivity contribution in [2.45, 2.75) is 34.6 Å². The molecule has 0 aromatic rings. The molecule has 1 heterocycles. The van der Waals surface area contributed by atoms with Crippen molar-refractivity contribution in [3.63, 3.8) is 0 Å². The molecule has 0 amide bonds. The van der Waals surface area contributed by atoms with Crippen LogP contribution in [0.5, 0.6) is 0 Å². The Bertz CT molecular complexity index is 419. The minimum Gasteiger partial charge on any atom is -0.466 e. The molecule has 2 unspecified atom stereocenters. The predicted octanol–water partition coefficient (Wildman–Crippen LogP) is 2.11. The third-order valence-corrected chi connectivity index (χ3v) is 3.53. The van der Waals surface area contributed by atoms with Crippen molar-refractivity contribution in [1.29, 1.82) is 0 Å². The van der Waals surface area contributed by atoms with Gasteiger partial charge in [0.25, 0.3) is 0 Å². The summed E-state index contributed by atoms with van der Waals surface area (Å²) in [6.07, 6.45) is 1.61. The zero-order valence-electron chi connectivity index (χ0n) is 12.1. The lowest BCUT2D eigenvalue weighted by atomic mass is 9.69. The molecule has 1 rings (SSSR count). The summed E-state index contributed by atoms with van der Waals surface area (Å²) in [6.45, 7) is 9.21. The molecule has 0 fully saturated rings. The quantitative estimate of drug-likeness (QED) is 0.716. The maximum Gasteiger partial charge on any atom is 0.322 e. The molecule has 0 saturated carbocycles. The first-order valence-electron chi connectivity index (χ1n) is 6.48. The second-order valence-electron chi connectivity index (χ2n) is 4.53. The van der Waals surface area contributed by atoms with E-state index in [0.29, 0.717) is 11.3 Å². The van der Waals surface area contributed by atoms with E-state index in [0.717, 1.165) is 0 Å². The topological polar surface area (TPSA) is 65.0 Å². The van der Waals surface area contributed by atoms with Crippen LogP contribution in [0.15, 0.2) is 16.8 Å². The van der Waals surface area contributed by atoms with Crippen LogP contribution in [0.1, 0.15) is 34.6 Å². The average molecular weight is 267 g/mol. The molecule has 106 valence electrons. The van der Waals surface area contributed by atoms with Gasteiger partial charge in [0.05, 0.1) is 19.1 Å². The van der Waals surface area contributed by atoms with Crippen LogP contribution in [-0.2, 0) is 19.1 Å². The van der Waals surface area contributed by atoms with Gasteiger partial charge < -0.3 is 9.47 Å². The molecular weight excluding hydrogens is 246 g/mol. The van der Waals surface area contributed by atoms with Crippen LogP contribution < -0.4 is 0 Å². The maximum absolute atomic E-state index is 12.4. The van der Waals surface area contributed by atoms with Gasteiger partial charge in [-0.1, -0.05) is 6.92 Å². The molecule has 0 aromatic heterocycles. The number of aliphatic imine (C=N–C) groups is 1. The van der Waals surface area contributed by atoms with Crippen LogP contribution in [-0.4, -0.2) is 30.9 Å². The first-order chi connectivity index (χ1) is 8.92. The number of esters is 2. The summed E-state index contributed by atoms with van der Waals surface area (Å²) < 4.78 is 10.2. The molecule has 0 aliphatic carbocycles. The Morgan fingerprint density at radius 3 is 2.26 bits per heavy atom. The molecule has 0 spiro atoms. The molecule has 1 aliphatic rings. The van der Waals surface area contributed by atoms with Crippen LogP contribution in [0.4, 0.5) is 0 Å². The van der Waals surface area contributed by atoms with Crippen LogP contribution in [0, 0.1) is 11.3 Å². The van der Waals surface area contributed by atoms with Crippen molar-refractivity contribution in [2.75, 3.05) is 13.2 Å². The Kier molecular flexibility index (Phi) is 4.86. The molecule has 5 heteroatoms. The van der Waals surface area contributed by atoms with Crippen LogP contribution in [0.2, 0.25) is 0 Å². The summed E-state index contributed by atoms with van der Waals surface area (Å²) in [5, 5.41) is 0. The van der Waals surface area contributed by atoms with E-state index >= 15 is 0 Å². The van der Waals surface area contributed by atoms with Crippen LogP contribution in [0.3, 0.4) is 0 Å². The lowest BCUT2D eigenvalue weighted by Crippen LogP contribution is -2.47. The smallest absolute Gasteiger partial charge is 0.322 e. The first kappa shape index (κ1) is 15.4. The Morgan fingerprint density at radius 2 is 1.84 bits per heavy atom. The van der Waals surface area contributed by atoms with Gasteiger partial charge in [-0.2, -0.15) is 0 Å². The highest BCUT2D eigenvalue weighted by Crippen LogP contribution is 2.42. The molecule has 0 saturated heterocycles. The fourth-order valence-corrected chi connectivity index (χ4v) is 2.51. The number of carbonyl (C=O) groups excluding carboxylic acids is 2. The summed E-state index contributed by atoms with van der Waals surface area (Å²) in [5.41, 5.74) is 0.162. The van der Waals surface area contributed by atoms with Crippen molar-refractivity contribution < 1.29 is 19.1 Å². The fourth-order valence-electron chi connectivity index (χ4n) is 2.51. The fraction of sp³-hybridized carbons (Fsp3) is 0.643. The average Bonchev–Trinajstić information content (AvgIpc) is 2.66. The molecule has 0 bridgehead atoms. The van der Waals surface area contributed by atoms with Gasteiger partial charge in [0.2, 0.25) is 0 Å². The summed E-state index contributed by atoms with van der Waals surface area (Å²) in [6, 6.07) is 0. The normalized spacial score (nSPS) is 23.4. The Morgan fingerprint density at radius 1 is 1.26 bits per heavy atom. The second kappa shape index (κ2) is 5.99. The highest BCUT2D eigenvalue weighted by atomic mass is 16.5. The van der Waals surface area contributed by atoms with Gasteiger partial charge >= 0.3 is 11.9 Å². The van der Waals surface area contributed by atoms with Gasteiger partial charge in [-0.05, 0) is 33.3 Å². The lowest BCUT2D eigenvalue weighted by molar-refractivity contribution is -0.161. The summed E-state index contributed by atoms with van der Waals surface area (Å²) >= 11 is 0. The number of hydrogen-bond acceptors (Lipinski definition) is 5. The third-order valence-electron chi connectivity index (χ3n) is 3.53. The van der Waals surface area contributed by atoms with Crippen molar-refractivity contribution in [3.05, 3.63) is 11.8 Å². The minimum absolute atomic E-state index is 0.261. The van der Waals surface area contributed by atoms with Crippen molar-refractivity contribution in [2.24, 2.45) is 16.3 Å². The molecular formula is C14H21NO4. The van der Waals surface area contributed by atoms with Gasteiger partial charge in [-0.15, -0.1) is 0 Å². The molecule has 0 aromatic carbocycles. The van der Waals surface area contributed by atoms with Gasteiger partial charge in [-0.3, -0.25) is 14.6 Å². The monoisotopic (exact) mass is 267 g/mol. The lowest BCUT2D eigenvalue weighted by Gasteiger charge is -2.33. The second-order valence-corrected chi connectivity index (χ2v) is 4.53. The Balaban J connectivity index is 3.21. The van der Waals surface area contributed by atoms with E-state index in [4.69, 9.17) is 9.47 Å². The molecule has 0 radical (unpaired) electrons. The van der Waals surface area contributed by atoms with Crippen LogP contribution in [0.25, 0.3) is 0 Å². The first-order valence-corrected chi connectivity index (χ1v) is 6.48. The van der Waals surface area contributed by atoms with Gasteiger partial charge in [0.15, 0.2) is 0 Å². The molecule has 0 N–H and O–H groups in total. The largest absolute Gasteiger partial charge is 0.466 e. The highest BCUT2D eigenvalue weighted by molar-refractivity contribution is 6.13. The molecule has 2 atom stereocenters. The Hall–Kier alpha value is -1.65. The maximum atomic E-state index is 12.4. The van der Waals surface area contributed by atoms with Crippen molar-refractivity contribution >= 4 is 17.7 Å². The van der Waals surface area contributed by atoms with E-state index in [-0.39, 0.29) is 13.2 Å². The minimum atomic E-state index is -1.12. The summed E-state index contributed by atoms with van der Waals surface area (Å²) in [4.78, 5) is 28.6. The SMILES string of the molecule is CCOC(=O)C(C)C1(C(=O)OCC)C(C)=CN=C1C. The van der Waals surface area contributed by atoms with E-state index in [1.165, 1.54) is 0 Å². The van der Waals surface area contributed by atoms with E-state index < -0.39 is 23.3 Å². The zero-order valence-corrected chi connectivity index (χ0v) is 12.1. The number of ether oxygens (including phenoxy) is 2. The molecule has 1 aliphatic heterocycles. The van der Waals surface area contributed by atoms with Gasteiger partial charge in [0.1, 0.15) is 5.41 Å². The number of hydrogen-bond donors (Lipinski definition) is 0. The summed E-state index contributed by atoms with van der Waals surface area (Å²) in [7, 11) is 0. The van der Waals surface area contributed by atoms with Crippen molar-refractivity contribution in [3.8, 4) is 0 Å². The third kappa shape index (κ3) is 2.41. The zero-order chi connectivity index (χ0) is 14.6. The predicted molar refractivity (Wildman–Crippen MR) is 71.7 cm³/mol. The van der Waals surface area contributed by atoms with E-state index in [1.807, 2.05) is 0 Å². The highest BCUT2D eigenvalue weighted by Gasteiger charge is 2.54. The Labute approximate surface area is 113 Å². The number of carbonyl (C=O) groups is 2. The summed E-state index contributed by atoms with van der Waals surface area (Å²) in [5.74, 6) is -1.52. The van der Waals surface area contributed by atoms with Gasteiger partial charge in [-0.25, -0.2) is 0 Å². The van der Waals surface area contributed by atoms with E-state index in [1.54, 1.807) is 40.8 Å². The van der Waals surface area contributed by atoms with E-state index in [9.17, 15) is 9.59 Å². The van der Waals surface area contributed by atoms with Crippen LogP contribution >= 0.6 is 0 Å². The number of nitrogens with zero attached hydrogens (tertiary/aromatic N) is 1. The van der Waals surface area contributed by atoms with E-state index in [2.05, 4.69) is 4.99 Å². The van der Waals surface area contributed by atoms with Gasteiger partial charge in [0, 0.05) is 11.9 Å². The standard InChI is InChI=1S/C14H21NO4/c1-6-18-12(16)10(4)14(13(17)19-7-2)9(3)8-15-11(14)5/h8,10H,6-7H2,1-5H3. The molecule has 5 nitrogen and oxygen atoms in total.